The SMILES string of the molecule is COc1cc(C(=O)N2CCCC2c2cc3nc(C)cc(=O)n3[nH]2)cc(OC)c1OC. The van der Waals surface area contributed by atoms with Gasteiger partial charge in [0.15, 0.2) is 17.1 Å². The van der Waals surface area contributed by atoms with Gasteiger partial charge in [-0.05, 0) is 31.9 Å². The lowest BCUT2D eigenvalue weighted by atomic mass is 10.1. The van der Waals surface area contributed by atoms with Gasteiger partial charge in [-0.1, -0.05) is 0 Å². The van der Waals surface area contributed by atoms with Crippen LogP contribution in [0.3, 0.4) is 0 Å². The summed E-state index contributed by atoms with van der Waals surface area (Å²) in [6.07, 6.45) is 1.65. The summed E-state index contributed by atoms with van der Waals surface area (Å²) in [7, 11) is 4.55. The number of carbonyl (C=O) groups excluding carboxylic acids is 1. The summed E-state index contributed by atoms with van der Waals surface area (Å²) in [5.74, 6) is 1.14. The van der Waals surface area contributed by atoms with Crippen LogP contribution in [0.5, 0.6) is 17.2 Å². The summed E-state index contributed by atoms with van der Waals surface area (Å²) in [6, 6.07) is 6.43. The van der Waals surface area contributed by atoms with Gasteiger partial charge < -0.3 is 19.1 Å². The first kappa shape index (κ1) is 19.8. The number of H-pyrrole nitrogens is 1. The fourth-order valence-corrected chi connectivity index (χ4v) is 4.00. The molecular weight excluding hydrogens is 388 g/mol. The molecule has 3 aromatic rings. The molecule has 0 spiro atoms. The zero-order valence-corrected chi connectivity index (χ0v) is 17.4. The molecule has 1 aliphatic heterocycles. The van der Waals surface area contributed by atoms with E-state index in [0.29, 0.717) is 40.7 Å². The molecule has 1 aliphatic rings. The molecule has 2 aromatic heterocycles. The van der Waals surface area contributed by atoms with E-state index in [4.69, 9.17) is 14.2 Å². The number of nitrogens with zero attached hydrogens (tertiary/aromatic N) is 3. The largest absolute Gasteiger partial charge is 0.493 e. The maximum atomic E-state index is 13.4. The lowest BCUT2D eigenvalue weighted by Gasteiger charge is -2.24. The van der Waals surface area contributed by atoms with Crippen LogP contribution in [0.25, 0.3) is 5.65 Å². The minimum Gasteiger partial charge on any atom is -0.493 e. The van der Waals surface area contributed by atoms with Gasteiger partial charge in [0.2, 0.25) is 5.75 Å². The van der Waals surface area contributed by atoms with Crippen molar-refractivity contribution in [3.63, 3.8) is 0 Å². The van der Waals surface area contributed by atoms with Gasteiger partial charge in [0.1, 0.15) is 0 Å². The standard InChI is InChI=1S/C21H24N4O5/c1-12-8-19(26)25-18(22-12)11-14(23-25)15-6-5-7-24(15)21(27)13-9-16(28-2)20(30-4)17(10-13)29-3/h8-11,15,23H,5-7H2,1-4H3. The van der Waals surface area contributed by atoms with Gasteiger partial charge in [0.25, 0.3) is 11.5 Å². The first-order valence-electron chi connectivity index (χ1n) is 9.67. The second-order valence-electron chi connectivity index (χ2n) is 7.21. The topological polar surface area (TPSA) is 98.2 Å². The number of carbonyl (C=O) groups is 1. The van der Waals surface area contributed by atoms with Crippen LogP contribution in [0.1, 0.15) is 40.6 Å². The Kier molecular flexibility index (Phi) is 5.11. The molecule has 0 radical (unpaired) electrons. The third kappa shape index (κ3) is 3.26. The normalized spacial score (nSPS) is 16.1. The van der Waals surface area contributed by atoms with Gasteiger partial charge in [-0.2, -0.15) is 0 Å². The average molecular weight is 412 g/mol. The number of benzene rings is 1. The number of hydrogen-bond donors (Lipinski definition) is 1. The van der Waals surface area contributed by atoms with Crippen molar-refractivity contribution < 1.29 is 19.0 Å². The Morgan fingerprint density at radius 3 is 2.43 bits per heavy atom. The minimum absolute atomic E-state index is 0.146. The highest BCUT2D eigenvalue weighted by Crippen LogP contribution is 2.40. The van der Waals surface area contributed by atoms with E-state index in [9.17, 15) is 9.59 Å². The first-order valence-corrected chi connectivity index (χ1v) is 9.67. The molecule has 1 atom stereocenters. The smallest absolute Gasteiger partial charge is 0.272 e. The Morgan fingerprint density at radius 1 is 1.10 bits per heavy atom. The minimum atomic E-state index is -0.182. The van der Waals surface area contributed by atoms with Gasteiger partial charge in [-0.3, -0.25) is 14.7 Å². The maximum Gasteiger partial charge on any atom is 0.272 e. The van der Waals surface area contributed by atoms with E-state index in [-0.39, 0.29) is 17.5 Å². The van der Waals surface area contributed by atoms with E-state index in [1.54, 1.807) is 24.0 Å². The maximum absolute atomic E-state index is 13.4. The molecule has 1 saturated heterocycles. The van der Waals surface area contributed by atoms with E-state index in [2.05, 4.69) is 10.1 Å². The molecule has 30 heavy (non-hydrogen) atoms. The number of nitrogens with one attached hydrogen (secondary N) is 1. The molecule has 1 unspecified atom stereocenters. The number of aryl methyl sites for hydroxylation is 1. The van der Waals surface area contributed by atoms with Crippen molar-refractivity contribution in [1.29, 1.82) is 0 Å². The number of likely N-dealkylation sites (tertiary alicyclic amines) is 1. The van der Waals surface area contributed by atoms with Gasteiger partial charge in [0, 0.05) is 29.9 Å². The second kappa shape index (κ2) is 7.74. The molecule has 3 heterocycles. The molecule has 1 amide bonds. The van der Waals surface area contributed by atoms with Crippen LogP contribution in [0.2, 0.25) is 0 Å². The zero-order chi connectivity index (χ0) is 21.4. The van der Waals surface area contributed by atoms with Gasteiger partial charge in [-0.25, -0.2) is 9.50 Å². The number of hydrogen-bond acceptors (Lipinski definition) is 6. The van der Waals surface area contributed by atoms with E-state index >= 15 is 0 Å². The summed E-state index contributed by atoms with van der Waals surface area (Å²) < 4.78 is 17.5. The van der Waals surface area contributed by atoms with Crippen molar-refractivity contribution in [2.24, 2.45) is 0 Å². The predicted octanol–water partition coefficient (Wildman–Crippen LogP) is 2.33. The van der Waals surface area contributed by atoms with Gasteiger partial charge in [0.05, 0.1) is 33.1 Å². The molecule has 0 bridgehead atoms. The van der Waals surface area contributed by atoms with E-state index in [1.807, 2.05) is 6.07 Å². The van der Waals surface area contributed by atoms with Crippen LogP contribution in [0.15, 0.2) is 29.1 Å². The molecule has 158 valence electrons. The van der Waals surface area contributed by atoms with E-state index < -0.39 is 0 Å². The quantitative estimate of drug-likeness (QED) is 0.691. The third-order valence-electron chi connectivity index (χ3n) is 5.38. The number of aromatic nitrogens is 3. The highest BCUT2D eigenvalue weighted by atomic mass is 16.5. The summed E-state index contributed by atoms with van der Waals surface area (Å²) in [6.45, 7) is 2.39. The Balaban J connectivity index is 1.71. The summed E-state index contributed by atoms with van der Waals surface area (Å²) in [5, 5.41) is 3.11. The predicted molar refractivity (Wildman–Crippen MR) is 110 cm³/mol. The Hall–Kier alpha value is -3.49. The van der Waals surface area contributed by atoms with Crippen molar-refractivity contribution in [2.75, 3.05) is 27.9 Å². The van der Waals surface area contributed by atoms with Crippen LogP contribution in [0.4, 0.5) is 0 Å². The number of fused-ring (bicyclic) bond motifs is 1. The third-order valence-corrected chi connectivity index (χ3v) is 5.38. The molecule has 9 nitrogen and oxygen atoms in total. The highest BCUT2D eigenvalue weighted by molar-refractivity contribution is 5.96. The molecular formula is C21H24N4O5. The molecule has 0 aliphatic carbocycles. The Morgan fingerprint density at radius 2 is 1.80 bits per heavy atom. The van der Waals surface area contributed by atoms with E-state index in [0.717, 1.165) is 18.5 Å². The fraction of sp³-hybridized carbons (Fsp3) is 0.381. The van der Waals surface area contributed by atoms with Crippen LogP contribution in [0, 0.1) is 6.92 Å². The number of rotatable bonds is 5. The second-order valence-corrected chi connectivity index (χ2v) is 7.21. The number of methoxy groups -OCH3 is 3. The lowest BCUT2D eigenvalue weighted by molar-refractivity contribution is 0.0732. The molecule has 1 aromatic carbocycles. The molecule has 9 heteroatoms. The van der Waals surface area contributed by atoms with Crippen molar-refractivity contribution in [2.45, 2.75) is 25.8 Å². The Labute approximate surface area is 173 Å². The van der Waals surface area contributed by atoms with Gasteiger partial charge >= 0.3 is 0 Å². The first-order chi connectivity index (χ1) is 14.5. The Bertz CT molecular complexity index is 1140. The summed E-state index contributed by atoms with van der Waals surface area (Å²) >= 11 is 0. The van der Waals surface area contributed by atoms with Crippen LogP contribution >= 0.6 is 0 Å². The molecule has 1 N–H and O–H groups in total. The van der Waals surface area contributed by atoms with Crippen molar-refractivity contribution >= 4 is 11.6 Å². The molecule has 4 rings (SSSR count). The fourth-order valence-electron chi connectivity index (χ4n) is 4.00. The zero-order valence-electron chi connectivity index (χ0n) is 17.4. The lowest BCUT2D eigenvalue weighted by Crippen LogP contribution is -2.31. The van der Waals surface area contributed by atoms with Crippen LogP contribution in [-0.4, -0.2) is 53.3 Å². The molecule has 1 fully saturated rings. The van der Waals surface area contributed by atoms with Gasteiger partial charge in [-0.15, -0.1) is 0 Å². The van der Waals surface area contributed by atoms with Crippen molar-refractivity contribution in [3.8, 4) is 17.2 Å². The summed E-state index contributed by atoms with van der Waals surface area (Å²) in [4.78, 5) is 31.8. The average Bonchev–Trinajstić information content (AvgIpc) is 3.38. The summed E-state index contributed by atoms with van der Waals surface area (Å²) in [5.41, 5.74) is 2.25. The number of amides is 1. The van der Waals surface area contributed by atoms with Crippen LogP contribution in [-0.2, 0) is 0 Å². The number of aromatic amines is 1. The van der Waals surface area contributed by atoms with Crippen molar-refractivity contribution in [3.05, 3.63) is 51.6 Å². The molecule has 0 saturated carbocycles. The highest BCUT2D eigenvalue weighted by Gasteiger charge is 2.33. The number of ether oxygens (including phenoxy) is 3. The van der Waals surface area contributed by atoms with E-state index in [1.165, 1.54) is 31.9 Å². The van der Waals surface area contributed by atoms with Crippen molar-refractivity contribution in [1.82, 2.24) is 19.5 Å². The monoisotopic (exact) mass is 412 g/mol. The van der Waals surface area contributed by atoms with Crippen LogP contribution < -0.4 is 19.8 Å².